The molecule has 0 N–H and O–H groups in total. The predicted octanol–water partition coefficient (Wildman–Crippen LogP) is 2.25. The highest BCUT2D eigenvalue weighted by Crippen LogP contribution is 2.41. The molecule has 0 saturated carbocycles. The Balaban J connectivity index is 2.73. The van der Waals surface area contributed by atoms with E-state index < -0.39 is 7.80 Å². The van der Waals surface area contributed by atoms with Crippen LogP contribution in [-0.2, 0) is 4.57 Å². The van der Waals surface area contributed by atoms with Crippen molar-refractivity contribution in [2.24, 2.45) is 0 Å². The molecule has 2 aromatic rings. The SMILES string of the molecule is COc1cc(OC)c([PH](=O)c2c(OC)cc(OC)cc2OC)c(OC)c1. The first-order valence-corrected chi connectivity index (χ1v) is 9.10. The summed E-state index contributed by atoms with van der Waals surface area (Å²) in [7, 11) is 6.43. The molecule has 0 aliphatic heterocycles. The molecule has 7 nitrogen and oxygen atoms in total. The normalized spacial score (nSPS) is 10.4. The molecule has 0 atom stereocenters. The molecule has 0 spiro atoms. The van der Waals surface area contributed by atoms with Gasteiger partial charge in [0.1, 0.15) is 42.3 Å². The molecule has 0 amide bonds. The molecule has 8 heteroatoms. The van der Waals surface area contributed by atoms with Crippen LogP contribution in [0.2, 0.25) is 0 Å². The van der Waals surface area contributed by atoms with E-state index in [0.29, 0.717) is 45.1 Å². The van der Waals surface area contributed by atoms with E-state index in [9.17, 15) is 4.57 Å². The first kappa shape index (κ1) is 19.8. The van der Waals surface area contributed by atoms with Gasteiger partial charge in [-0.3, -0.25) is 0 Å². The topological polar surface area (TPSA) is 72.5 Å². The smallest absolute Gasteiger partial charge is 0.146 e. The number of hydrogen-bond acceptors (Lipinski definition) is 7. The minimum atomic E-state index is -2.62. The van der Waals surface area contributed by atoms with E-state index in [1.165, 1.54) is 42.7 Å². The lowest BCUT2D eigenvalue weighted by molar-refractivity contribution is 0.378. The van der Waals surface area contributed by atoms with E-state index in [1.807, 2.05) is 0 Å². The van der Waals surface area contributed by atoms with Gasteiger partial charge in [0, 0.05) is 24.3 Å². The van der Waals surface area contributed by atoms with Crippen molar-refractivity contribution in [2.75, 3.05) is 42.7 Å². The zero-order chi connectivity index (χ0) is 19.3. The zero-order valence-corrected chi connectivity index (χ0v) is 16.7. The standard InChI is InChI=1S/C18H23O7P/c1-20-11-7-13(22-3)17(14(8-11)23-4)26(19)18-15(24-5)9-12(21-2)10-16(18)25-6/h7-10,26H,1-6H3. The van der Waals surface area contributed by atoms with Crippen LogP contribution in [0.25, 0.3) is 0 Å². The molecule has 0 unspecified atom stereocenters. The van der Waals surface area contributed by atoms with E-state index in [2.05, 4.69) is 0 Å². The highest BCUT2D eigenvalue weighted by molar-refractivity contribution is 7.62. The van der Waals surface area contributed by atoms with Gasteiger partial charge in [-0.15, -0.1) is 0 Å². The molecule has 2 rings (SSSR count). The van der Waals surface area contributed by atoms with Gasteiger partial charge in [0.15, 0.2) is 0 Å². The van der Waals surface area contributed by atoms with Crippen molar-refractivity contribution in [3.05, 3.63) is 24.3 Å². The maximum absolute atomic E-state index is 13.5. The highest BCUT2D eigenvalue weighted by Gasteiger charge is 2.26. The van der Waals surface area contributed by atoms with E-state index >= 15 is 0 Å². The maximum Gasteiger partial charge on any atom is 0.146 e. The number of methoxy groups -OCH3 is 6. The Morgan fingerprint density at radius 2 is 0.808 bits per heavy atom. The van der Waals surface area contributed by atoms with Gasteiger partial charge in [0.05, 0.1) is 53.3 Å². The van der Waals surface area contributed by atoms with E-state index in [4.69, 9.17) is 28.4 Å². The largest absolute Gasteiger partial charge is 0.496 e. The number of hydrogen-bond donors (Lipinski definition) is 0. The Labute approximate surface area is 153 Å². The van der Waals surface area contributed by atoms with Gasteiger partial charge in [-0.05, 0) is 0 Å². The van der Waals surface area contributed by atoms with Crippen molar-refractivity contribution >= 4 is 18.4 Å². The molecule has 0 saturated heterocycles. The van der Waals surface area contributed by atoms with Crippen molar-refractivity contribution in [2.45, 2.75) is 0 Å². The number of rotatable bonds is 8. The Bertz CT molecular complexity index is 689. The second-order valence-electron chi connectivity index (χ2n) is 5.14. The maximum atomic E-state index is 13.5. The summed E-state index contributed by atoms with van der Waals surface area (Å²) in [6, 6.07) is 6.62. The molecule has 26 heavy (non-hydrogen) atoms. The third-order valence-corrected chi connectivity index (χ3v) is 5.78. The van der Waals surface area contributed by atoms with Crippen LogP contribution in [0, 0.1) is 0 Å². The monoisotopic (exact) mass is 382 g/mol. The molecule has 0 aliphatic rings. The van der Waals surface area contributed by atoms with Crippen molar-refractivity contribution in [3.8, 4) is 34.5 Å². The Morgan fingerprint density at radius 1 is 0.538 bits per heavy atom. The summed E-state index contributed by atoms with van der Waals surface area (Å²) in [6.45, 7) is 0. The summed E-state index contributed by atoms with van der Waals surface area (Å²) in [5.41, 5.74) is 0. The summed E-state index contributed by atoms with van der Waals surface area (Å²) in [5, 5.41) is 0.838. The summed E-state index contributed by atoms with van der Waals surface area (Å²) in [4.78, 5) is 0. The molecule has 0 fully saturated rings. The number of ether oxygens (including phenoxy) is 6. The Morgan fingerprint density at radius 3 is 1.00 bits per heavy atom. The molecule has 142 valence electrons. The van der Waals surface area contributed by atoms with Crippen LogP contribution < -0.4 is 39.0 Å². The zero-order valence-electron chi connectivity index (χ0n) is 15.7. The second-order valence-corrected chi connectivity index (χ2v) is 6.80. The molecule has 0 heterocycles. The average Bonchev–Trinajstić information content (AvgIpc) is 2.70. The fourth-order valence-electron chi connectivity index (χ4n) is 2.58. The first-order chi connectivity index (χ1) is 12.5. The van der Waals surface area contributed by atoms with Crippen LogP contribution in [0.4, 0.5) is 0 Å². The molecule has 0 bridgehead atoms. The Kier molecular flexibility index (Phi) is 6.64. The van der Waals surface area contributed by atoms with Gasteiger partial charge < -0.3 is 33.0 Å². The van der Waals surface area contributed by atoms with Gasteiger partial charge in [-0.1, -0.05) is 0 Å². The number of benzene rings is 2. The minimum absolute atomic E-state index is 0.394. The lowest BCUT2D eigenvalue weighted by Crippen LogP contribution is -2.16. The fraction of sp³-hybridized carbons (Fsp3) is 0.333. The van der Waals surface area contributed by atoms with Crippen molar-refractivity contribution in [3.63, 3.8) is 0 Å². The van der Waals surface area contributed by atoms with Crippen LogP contribution in [0.3, 0.4) is 0 Å². The summed E-state index contributed by atoms with van der Waals surface area (Å²) >= 11 is 0. The average molecular weight is 382 g/mol. The molecule has 0 aromatic heterocycles. The molecule has 0 aliphatic carbocycles. The highest BCUT2D eigenvalue weighted by atomic mass is 31.1. The van der Waals surface area contributed by atoms with Crippen LogP contribution >= 0.6 is 7.80 Å². The Hall–Kier alpha value is -2.53. The van der Waals surface area contributed by atoms with Gasteiger partial charge in [0.25, 0.3) is 0 Å². The third kappa shape index (κ3) is 3.68. The molecule has 2 aromatic carbocycles. The van der Waals surface area contributed by atoms with Gasteiger partial charge >= 0.3 is 0 Å². The molecular formula is C18H23O7P. The lowest BCUT2D eigenvalue weighted by Gasteiger charge is -2.18. The van der Waals surface area contributed by atoms with Crippen LogP contribution in [0.5, 0.6) is 34.5 Å². The quantitative estimate of drug-likeness (QED) is 0.649. The van der Waals surface area contributed by atoms with Crippen LogP contribution in [0.15, 0.2) is 24.3 Å². The van der Waals surface area contributed by atoms with Crippen LogP contribution in [0.1, 0.15) is 0 Å². The van der Waals surface area contributed by atoms with Crippen molar-refractivity contribution in [1.82, 2.24) is 0 Å². The van der Waals surface area contributed by atoms with Crippen molar-refractivity contribution in [1.29, 1.82) is 0 Å². The van der Waals surface area contributed by atoms with Gasteiger partial charge in [-0.2, -0.15) is 0 Å². The third-order valence-electron chi connectivity index (χ3n) is 3.88. The molecule has 0 radical (unpaired) electrons. The fourth-order valence-corrected chi connectivity index (χ4v) is 4.43. The summed E-state index contributed by atoms with van der Waals surface area (Å²) in [5.74, 6) is 2.64. The summed E-state index contributed by atoms with van der Waals surface area (Å²) < 4.78 is 45.7. The minimum Gasteiger partial charge on any atom is -0.496 e. The molecular weight excluding hydrogens is 359 g/mol. The van der Waals surface area contributed by atoms with Crippen LogP contribution in [-0.4, -0.2) is 42.7 Å². The van der Waals surface area contributed by atoms with Crippen molar-refractivity contribution < 1.29 is 33.0 Å². The summed E-state index contributed by atoms with van der Waals surface area (Å²) in [6.07, 6.45) is 0. The predicted molar refractivity (Wildman–Crippen MR) is 100 cm³/mol. The van der Waals surface area contributed by atoms with E-state index in [1.54, 1.807) is 24.3 Å². The lowest BCUT2D eigenvalue weighted by atomic mass is 10.3. The second kappa shape index (κ2) is 8.72. The van der Waals surface area contributed by atoms with Gasteiger partial charge in [0.2, 0.25) is 0 Å². The van der Waals surface area contributed by atoms with Gasteiger partial charge in [-0.25, -0.2) is 0 Å². The van der Waals surface area contributed by atoms with E-state index in [-0.39, 0.29) is 0 Å². The van der Waals surface area contributed by atoms with E-state index in [0.717, 1.165) is 0 Å². The first-order valence-electron chi connectivity index (χ1n) is 7.69.